The van der Waals surface area contributed by atoms with Crippen LogP contribution >= 0.6 is 0 Å². The zero-order valence-corrected chi connectivity index (χ0v) is 17.4. The minimum Gasteiger partial charge on any atom is -0.493 e. The van der Waals surface area contributed by atoms with Gasteiger partial charge in [0.15, 0.2) is 0 Å². The molecule has 2 N–H and O–H groups in total. The Bertz CT molecular complexity index is 1080. The molecule has 0 spiro atoms. The van der Waals surface area contributed by atoms with E-state index in [9.17, 15) is 13.5 Å². The normalized spacial score (nSPS) is 13.0. The first-order valence-corrected chi connectivity index (χ1v) is 10.7. The Balaban J connectivity index is 1.76. The molecule has 0 aliphatic rings. The molecule has 0 aliphatic carbocycles. The van der Waals surface area contributed by atoms with E-state index in [-0.39, 0.29) is 11.4 Å². The Morgan fingerprint density at radius 1 is 1.14 bits per heavy atom. The minimum atomic E-state index is -3.75. The number of aliphatic hydroxyl groups excluding tert-OH is 1. The van der Waals surface area contributed by atoms with Gasteiger partial charge in [0.2, 0.25) is 10.0 Å². The van der Waals surface area contributed by atoms with Crippen LogP contribution in [-0.4, -0.2) is 31.2 Å². The van der Waals surface area contributed by atoms with E-state index in [1.807, 2.05) is 62.8 Å². The topological polar surface area (TPSA) is 80.6 Å². The highest BCUT2D eigenvalue weighted by Crippen LogP contribution is 2.27. The number of ether oxygens (including phenoxy) is 1. The summed E-state index contributed by atoms with van der Waals surface area (Å²) < 4.78 is 35.5. The second kappa shape index (κ2) is 7.95. The van der Waals surface area contributed by atoms with Crippen molar-refractivity contribution in [2.75, 3.05) is 13.2 Å². The van der Waals surface area contributed by atoms with Crippen LogP contribution in [0.2, 0.25) is 0 Å². The maximum atomic E-state index is 12.7. The Morgan fingerprint density at radius 3 is 2.46 bits per heavy atom. The first-order valence-electron chi connectivity index (χ1n) is 9.19. The van der Waals surface area contributed by atoms with Crippen molar-refractivity contribution in [3.63, 3.8) is 0 Å². The molecule has 2 aromatic carbocycles. The first-order chi connectivity index (χ1) is 13.2. The highest BCUT2D eigenvalue weighted by Gasteiger charge is 2.19. The lowest BCUT2D eigenvalue weighted by Gasteiger charge is -2.15. The number of nitrogens with one attached hydrogen (secondary N) is 1. The molecular weight excluding hydrogens is 376 g/mol. The Hall–Kier alpha value is -2.35. The molecule has 7 heteroatoms. The molecule has 28 heavy (non-hydrogen) atoms. The molecule has 1 unspecified atom stereocenters. The molecule has 1 heterocycles. The molecule has 3 aromatic rings. The van der Waals surface area contributed by atoms with E-state index >= 15 is 0 Å². The summed E-state index contributed by atoms with van der Waals surface area (Å²) >= 11 is 0. The number of sulfonamides is 1. The number of aryl methyl sites for hydroxylation is 3. The first kappa shape index (κ1) is 20.4. The van der Waals surface area contributed by atoms with Crippen LogP contribution in [0.25, 0.3) is 10.9 Å². The lowest BCUT2D eigenvalue weighted by molar-refractivity contribution is 0.182. The third-order valence-corrected chi connectivity index (χ3v) is 6.20. The molecule has 6 nitrogen and oxygen atoms in total. The van der Waals surface area contributed by atoms with Gasteiger partial charge in [0, 0.05) is 25.3 Å². The molecule has 1 aromatic heterocycles. The molecule has 150 valence electrons. The third-order valence-electron chi connectivity index (χ3n) is 4.79. The molecule has 3 rings (SSSR count). The van der Waals surface area contributed by atoms with Gasteiger partial charge in [-0.2, -0.15) is 0 Å². The molecule has 0 aliphatic heterocycles. The van der Waals surface area contributed by atoms with Crippen molar-refractivity contribution in [3.8, 4) is 5.75 Å². The number of nitrogens with zero attached hydrogens (tertiary/aromatic N) is 1. The largest absolute Gasteiger partial charge is 0.493 e. The zero-order valence-electron chi connectivity index (χ0n) is 16.6. The average molecular weight is 403 g/mol. The number of aliphatic hydroxyl groups is 1. The Kier molecular flexibility index (Phi) is 5.79. The monoisotopic (exact) mass is 402 g/mol. The number of hydrogen-bond acceptors (Lipinski definition) is 4. The molecular formula is C21H26N2O4S. The van der Waals surface area contributed by atoms with Gasteiger partial charge >= 0.3 is 0 Å². The SMILES string of the molecule is CCOc1c(C)cc(S(=O)(=O)NCC(O)c2ccc3c(ccn3C)c2)cc1C. The number of rotatable bonds is 7. The molecule has 0 fully saturated rings. The van der Waals surface area contributed by atoms with Crippen LogP contribution in [0, 0.1) is 13.8 Å². The van der Waals surface area contributed by atoms with Crippen molar-refractivity contribution >= 4 is 20.9 Å². The van der Waals surface area contributed by atoms with Crippen LogP contribution in [0.15, 0.2) is 47.5 Å². The number of fused-ring (bicyclic) bond motifs is 1. The minimum absolute atomic E-state index is 0.105. The van der Waals surface area contributed by atoms with Gasteiger partial charge in [-0.1, -0.05) is 6.07 Å². The Labute approximate surface area is 165 Å². The maximum Gasteiger partial charge on any atom is 0.240 e. The summed E-state index contributed by atoms with van der Waals surface area (Å²) in [6.07, 6.45) is 1.00. The highest BCUT2D eigenvalue weighted by molar-refractivity contribution is 7.89. The molecule has 0 bridgehead atoms. The standard InChI is InChI=1S/C21H26N2O4S/c1-5-27-21-14(2)10-18(11-15(21)3)28(25,26)22-13-20(24)17-6-7-19-16(12-17)8-9-23(19)4/h6-12,20,22,24H,5,13H2,1-4H3. The number of benzene rings is 2. The summed E-state index contributed by atoms with van der Waals surface area (Å²) in [6.45, 7) is 5.94. The summed E-state index contributed by atoms with van der Waals surface area (Å²) in [5.74, 6) is 0.706. The van der Waals surface area contributed by atoms with Crippen LogP contribution < -0.4 is 9.46 Å². The summed E-state index contributed by atoms with van der Waals surface area (Å²) in [5.41, 5.74) is 3.24. The van der Waals surface area contributed by atoms with Gasteiger partial charge in [0.1, 0.15) is 5.75 Å². The van der Waals surface area contributed by atoms with Crippen LogP contribution in [0.5, 0.6) is 5.75 Å². The third kappa shape index (κ3) is 4.06. The summed E-state index contributed by atoms with van der Waals surface area (Å²) in [6, 6.07) is 10.7. The van der Waals surface area contributed by atoms with Crippen molar-refractivity contribution in [1.82, 2.24) is 9.29 Å². The van der Waals surface area contributed by atoms with Crippen LogP contribution in [0.4, 0.5) is 0 Å². The number of hydrogen-bond donors (Lipinski definition) is 2. The van der Waals surface area contributed by atoms with E-state index in [2.05, 4.69) is 4.72 Å². The van der Waals surface area contributed by atoms with Gasteiger partial charge < -0.3 is 14.4 Å². The van der Waals surface area contributed by atoms with Crippen LogP contribution in [-0.2, 0) is 17.1 Å². The van der Waals surface area contributed by atoms with E-state index in [1.165, 1.54) is 0 Å². The van der Waals surface area contributed by atoms with Crippen molar-refractivity contribution in [2.24, 2.45) is 7.05 Å². The van der Waals surface area contributed by atoms with Gasteiger partial charge in [0.25, 0.3) is 0 Å². The summed E-state index contributed by atoms with van der Waals surface area (Å²) in [4.78, 5) is 0.164. The smallest absolute Gasteiger partial charge is 0.240 e. The summed E-state index contributed by atoms with van der Waals surface area (Å²) in [5, 5.41) is 11.5. The van der Waals surface area contributed by atoms with Crippen molar-refractivity contribution in [1.29, 1.82) is 0 Å². The zero-order chi connectivity index (χ0) is 20.5. The van der Waals surface area contributed by atoms with Crippen LogP contribution in [0.3, 0.4) is 0 Å². The molecule has 0 radical (unpaired) electrons. The summed E-state index contributed by atoms with van der Waals surface area (Å²) in [7, 11) is -1.80. The fourth-order valence-electron chi connectivity index (χ4n) is 3.33. The molecule has 0 amide bonds. The van der Waals surface area contributed by atoms with Gasteiger partial charge in [-0.05, 0) is 73.2 Å². The maximum absolute atomic E-state index is 12.7. The van der Waals surface area contributed by atoms with Crippen LogP contribution in [0.1, 0.15) is 29.7 Å². The van der Waals surface area contributed by atoms with E-state index in [1.54, 1.807) is 12.1 Å². The molecule has 0 saturated carbocycles. The fourth-order valence-corrected chi connectivity index (χ4v) is 4.54. The quantitative estimate of drug-likeness (QED) is 0.636. The lowest BCUT2D eigenvalue weighted by Crippen LogP contribution is -2.28. The van der Waals surface area contributed by atoms with Crippen molar-refractivity contribution in [2.45, 2.75) is 31.8 Å². The van der Waals surface area contributed by atoms with Gasteiger partial charge in [0.05, 0.1) is 17.6 Å². The highest BCUT2D eigenvalue weighted by atomic mass is 32.2. The van der Waals surface area contributed by atoms with Gasteiger partial charge in [-0.3, -0.25) is 0 Å². The van der Waals surface area contributed by atoms with Gasteiger partial charge in [-0.15, -0.1) is 0 Å². The van der Waals surface area contributed by atoms with E-state index in [0.29, 0.717) is 17.9 Å². The fraction of sp³-hybridized carbons (Fsp3) is 0.333. The molecule has 1 atom stereocenters. The van der Waals surface area contributed by atoms with Gasteiger partial charge in [-0.25, -0.2) is 13.1 Å². The van der Waals surface area contributed by atoms with Crippen molar-refractivity contribution in [3.05, 3.63) is 59.3 Å². The molecule has 0 saturated heterocycles. The predicted molar refractivity (Wildman–Crippen MR) is 110 cm³/mol. The van der Waals surface area contributed by atoms with E-state index in [0.717, 1.165) is 22.0 Å². The average Bonchev–Trinajstić information content (AvgIpc) is 3.03. The second-order valence-electron chi connectivity index (χ2n) is 6.93. The predicted octanol–water partition coefficient (Wildman–Crippen LogP) is 3.21. The van der Waals surface area contributed by atoms with Crippen molar-refractivity contribution < 1.29 is 18.3 Å². The van der Waals surface area contributed by atoms with E-state index in [4.69, 9.17) is 4.74 Å². The number of aromatic nitrogens is 1. The lowest BCUT2D eigenvalue weighted by atomic mass is 10.1. The second-order valence-corrected chi connectivity index (χ2v) is 8.70. The van der Waals surface area contributed by atoms with E-state index < -0.39 is 16.1 Å². The Morgan fingerprint density at radius 2 is 1.82 bits per heavy atom.